The van der Waals surface area contributed by atoms with Gasteiger partial charge in [-0.2, -0.15) is 0 Å². The highest BCUT2D eigenvalue weighted by Gasteiger charge is 2.53. The van der Waals surface area contributed by atoms with E-state index < -0.39 is 112 Å². The Hall–Kier alpha value is -0.640. The molecular weight excluding hydrogens is 484 g/mol. The van der Waals surface area contributed by atoms with Crippen LogP contribution in [0.25, 0.3) is 0 Å². The summed E-state index contributed by atoms with van der Waals surface area (Å²) >= 11 is 0. The first-order valence-electron chi connectivity index (χ1n) is 11.0. The highest BCUT2D eigenvalue weighted by atomic mass is 16.8. The number of aliphatic hydroxyl groups is 10. The van der Waals surface area contributed by atoms with E-state index in [9.17, 15) is 51.1 Å². The lowest BCUT2D eigenvalue weighted by Crippen LogP contribution is -2.66. The van der Waals surface area contributed by atoms with Crippen molar-refractivity contribution in [3.05, 3.63) is 0 Å². The minimum absolute atomic E-state index is 0.687. The van der Waals surface area contributed by atoms with Crippen molar-refractivity contribution in [1.82, 2.24) is 0 Å². The van der Waals surface area contributed by atoms with Crippen LogP contribution in [0.15, 0.2) is 0 Å². The zero-order valence-electron chi connectivity index (χ0n) is 18.7. The molecule has 0 amide bonds. The maximum absolute atomic E-state index is 10.8. The zero-order chi connectivity index (χ0) is 26.0. The fourth-order valence-electron chi connectivity index (χ4n) is 4.23. The molecule has 3 aliphatic heterocycles. The minimum atomic E-state index is -1.87. The van der Waals surface area contributed by atoms with Crippen LogP contribution in [0.2, 0.25) is 0 Å². The molecule has 0 saturated carbocycles. The third-order valence-electron chi connectivity index (χ3n) is 6.31. The maximum atomic E-state index is 10.8. The Morgan fingerprint density at radius 3 is 1.49 bits per heavy atom. The molecule has 3 saturated heterocycles. The van der Waals surface area contributed by atoms with Gasteiger partial charge in [0.1, 0.15) is 73.2 Å². The molecule has 3 heterocycles. The van der Waals surface area contributed by atoms with Crippen LogP contribution in [0.5, 0.6) is 0 Å². The monoisotopic (exact) mass is 518 g/mol. The SMILES string of the molecule is CO[C@@H]1OC(CO)[C@H](O[C@@H]2OC(CO)[C@H](O)[C@H](OC3OC(CO)[C@H](O)[C@H](O)C3O)C2O)[C@H](O)C1O. The van der Waals surface area contributed by atoms with Crippen LogP contribution in [0, 0.1) is 0 Å². The number of hydrogen-bond donors (Lipinski definition) is 10. The van der Waals surface area contributed by atoms with Gasteiger partial charge in [0.15, 0.2) is 18.9 Å². The van der Waals surface area contributed by atoms with Crippen molar-refractivity contribution in [2.45, 2.75) is 92.1 Å². The maximum Gasteiger partial charge on any atom is 0.187 e. The lowest BCUT2D eigenvalue weighted by Gasteiger charge is -2.48. The normalized spacial score (nSPS) is 51.3. The third kappa shape index (κ3) is 5.78. The van der Waals surface area contributed by atoms with E-state index in [2.05, 4.69) is 0 Å². The van der Waals surface area contributed by atoms with E-state index in [0.29, 0.717) is 0 Å². The van der Waals surface area contributed by atoms with E-state index in [4.69, 9.17) is 28.4 Å². The molecule has 206 valence electrons. The molecule has 0 aromatic rings. The van der Waals surface area contributed by atoms with Gasteiger partial charge in [-0.1, -0.05) is 0 Å². The summed E-state index contributed by atoms with van der Waals surface area (Å²) in [5, 5.41) is 101. The summed E-state index contributed by atoms with van der Waals surface area (Å²) in [5.41, 5.74) is 0. The second kappa shape index (κ2) is 12.3. The molecule has 0 radical (unpaired) electrons. The van der Waals surface area contributed by atoms with Crippen LogP contribution in [-0.4, -0.2) is 170 Å². The fourth-order valence-corrected chi connectivity index (χ4v) is 4.23. The van der Waals surface area contributed by atoms with Crippen molar-refractivity contribution >= 4 is 0 Å². The molecule has 35 heavy (non-hydrogen) atoms. The molecule has 16 nitrogen and oxygen atoms in total. The highest BCUT2D eigenvalue weighted by molar-refractivity contribution is 4.96. The first-order valence-corrected chi connectivity index (χ1v) is 11.0. The standard InChI is InChI=1S/C19H34O16/c1-30-17-13(28)11(26)15(7(4-22)33-17)34-19-14(29)16(9(24)6(3-21)32-19)35-18-12(27)10(25)8(23)5(2-20)31-18/h5-29H,2-4H2,1H3/t5?,6?,7?,8-,9-,10-,11+,12?,13?,14?,15-,16-,17+,18?,19-/m0/s1. The summed E-state index contributed by atoms with van der Waals surface area (Å²) in [6, 6.07) is 0. The lowest BCUT2D eigenvalue weighted by atomic mass is 9.96. The molecule has 0 spiro atoms. The Morgan fingerprint density at radius 2 is 0.943 bits per heavy atom. The van der Waals surface area contributed by atoms with Crippen LogP contribution < -0.4 is 0 Å². The van der Waals surface area contributed by atoms with E-state index in [1.54, 1.807) is 0 Å². The van der Waals surface area contributed by atoms with Gasteiger partial charge in [0, 0.05) is 7.11 Å². The van der Waals surface area contributed by atoms with Gasteiger partial charge in [-0.25, -0.2) is 0 Å². The van der Waals surface area contributed by atoms with Crippen molar-refractivity contribution in [3.63, 3.8) is 0 Å². The molecule has 3 rings (SSSR count). The molecule has 0 bridgehead atoms. The number of rotatable bonds is 8. The van der Waals surface area contributed by atoms with Crippen LogP contribution in [0.3, 0.4) is 0 Å². The van der Waals surface area contributed by atoms with Crippen molar-refractivity contribution < 1.29 is 79.5 Å². The quantitative estimate of drug-likeness (QED) is 0.143. The van der Waals surface area contributed by atoms with Crippen LogP contribution in [-0.2, 0) is 28.4 Å². The van der Waals surface area contributed by atoms with E-state index >= 15 is 0 Å². The van der Waals surface area contributed by atoms with Gasteiger partial charge >= 0.3 is 0 Å². The van der Waals surface area contributed by atoms with E-state index in [1.165, 1.54) is 7.11 Å². The number of aliphatic hydroxyl groups excluding tert-OH is 10. The average molecular weight is 518 g/mol. The Balaban J connectivity index is 1.78. The zero-order valence-corrected chi connectivity index (χ0v) is 18.7. The van der Waals surface area contributed by atoms with Gasteiger partial charge in [-0.05, 0) is 0 Å². The summed E-state index contributed by atoms with van der Waals surface area (Å²) in [7, 11) is 1.21. The molecule has 3 aliphatic rings. The molecule has 16 heteroatoms. The number of ether oxygens (including phenoxy) is 6. The minimum Gasteiger partial charge on any atom is -0.394 e. The van der Waals surface area contributed by atoms with Gasteiger partial charge in [0.2, 0.25) is 0 Å². The first kappa shape index (κ1) is 28.9. The summed E-state index contributed by atoms with van der Waals surface area (Å²) in [4.78, 5) is 0. The van der Waals surface area contributed by atoms with E-state index in [-0.39, 0.29) is 0 Å². The predicted octanol–water partition coefficient (Wildman–Crippen LogP) is -6.92. The number of methoxy groups -OCH3 is 1. The van der Waals surface area contributed by atoms with Crippen LogP contribution in [0.4, 0.5) is 0 Å². The molecule has 0 aromatic heterocycles. The molecule has 7 unspecified atom stereocenters. The van der Waals surface area contributed by atoms with Gasteiger partial charge < -0.3 is 79.5 Å². The smallest absolute Gasteiger partial charge is 0.187 e. The van der Waals surface area contributed by atoms with Gasteiger partial charge in [0.05, 0.1) is 19.8 Å². The topological polar surface area (TPSA) is 258 Å². The Morgan fingerprint density at radius 1 is 0.486 bits per heavy atom. The molecular formula is C19H34O16. The summed E-state index contributed by atoms with van der Waals surface area (Å²) in [5.74, 6) is 0. The van der Waals surface area contributed by atoms with Crippen LogP contribution in [0.1, 0.15) is 0 Å². The molecule has 0 aliphatic carbocycles. The van der Waals surface area contributed by atoms with Gasteiger partial charge in [0.25, 0.3) is 0 Å². The largest absolute Gasteiger partial charge is 0.394 e. The Labute approximate surface area is 199 Å². The lowest BCUT2D eigenvalue weighted by molar-refractivity contribution is -0.379. The third-order valence-corrected chi connectivity index (χ3v) is 6.31. The first-order chi connectivity index (χ1) is 16.6. The van der Waals surface area contributed by atoms with E-state index in [1.807, 2.05) is 0 Å². The summed E-state index contributed by atoms with van der Waals surface area (Å²) < 4.78 is 31.9. The average Bonchev–Trinajstić information content (AvgIpc) is 2.86. The Bertz CT molecular complexity index is 652. The molecule has 0 aromatic carbocycles. The summed E-state index contributed by atoms with van der Waals surface area (Å²) in [6.07, 6.45) is -24.1. The van der Waals surface area contributed by atoms with Gasteiger partial charge in [-0.15, -0.1) is 0 Å². The predicted molar refractivity (Wildman–Crippen MR) is 106 cm³/mol. The summed E-state index contributed by atoms with van der Waals surface area (Å²) in [6.45, 7) is -2.22. The molecule has 15 atom stereocenters. The van der Waals surface area contributed by atoms with Crippen molar-refractivity contribution in [2.24, 2.45) is 0 Å². The molecule has 10 N–H and O–H groups in total. The van der Waals surface area contributed by atoms with Gasteiger partial charge in [-0.3, -0.25) is 0 Å². The van der Waals surface area contributed by atoms with Crippen LogP contribution >= 0.6 is 0 Å². The second-order valence-electron chi connectivity index (χ2n) is 8.55. The van der Waals surface area contributed by atoms with Crippen molar-refractivity contribution in [1.29, 1.82) is 0 Å². The number of hydrogen-bond acceptors (Lipinski definition) is 16. The fraction of sp³-hybridized carbons (Fsp3) is 1.00. The van der Waals surface area contributed by atoms with E-state index in [0.717, 1.165) is 0 Å². The van der Waals surface area contributed by atoms with Crippen molar-refractivity contribution in [2.75, 3.05) is 26.9 Å². The highest BCUT2D eigenvalue weighted by Crippen LogP contribution is 2.32. The Kier molecular flexibility index (Phi) is 10.1. The second-order valence-corrected chi connectivity index (χ2v) is 8.55. The molecule has 3 fully saturated rings. The van der Waals surface area contributed by atoms with Crippen molar-refractivity contribution in [3.8, 4) is 0 Å².